The molecule has 0 aromatic heterocycles. The third kappa shape index (κ3) is 3.77. The third-order valence-corrected chi connectivity index (χ3v) is 3.17. The van der Waals surface area contributed by atoms with Crippen molar-refractivity contribution in [2.24, 2.45) is 0 Å². The molecule has 0 unspecified atom stereocenters. The first-order chi connectivity index (χ1) is 9.56. The minimum Gasteiger partial charge on any atom is -0.343 e. The van der Waals surface area contributed by atoms with E-state index in [-0.39, 0.29) is 18.0 Å². The van der Waals surface area contributed by atoms with Crippen LogP contribution in [-0.4, -0.2) is 49.4 Å². The Morgan fingerprint density at radius 3 is 2.65 bits per heavy atom. The fourth-order valence-electron chi connectivity index (χ4n) is 2.15. The summed E-state index contributed by atoms with van der Waals surface area (Å²) in [4.78, 5) is 25.5. The Balaban J connectivity index is 1.89. The number of nitrogens with one attached hydrogen (secondary N) is 2. The van der Waals surface area contributed by atoms with Gasteiger partial charge in [-0.3, -0.25) is 9.59 Å². The average molecular weight is 279 g/mol. The van der Waals surface area contributed by atoms with Gasteiger partial charge in [0.25, 0.3) is 5.91 Å². The van der Waals surface area contributed by atoms with Crippen molar-refractivity contribution in [2.45, 2.75) is 6.92 Å². The van der Waals surface area contributed by atoms with Crippen molar-refractivity contribution in [3.05, 3.63) is 35.1 Å². The molecule has 2 amide bonds. The first-order valence-electron chi connectivity index (χ1n) is 6.60. The number of hydrogen-bond acceptors (Lipinski definition) is 3. The second kappa shape index (κ2) is 6.47. The molecule has 1 fully saturated rings. The highest BCUT2D eigenvalue weighted by Crippen LogP contribution is 2.08. The molecule has 0 aliphatic carbocycles. The summed E-state index contributed by atoms with van der Waals surface area (Å²) in [5, 5.41) is 5.68. The molecule has 2 rings (SSSR count). The van der Waals surface area contributed by atoms with E-state index < -0.39 is 11.7 Å². The van der Waals surface area contributed by atoms with Gasteiger partial charge in [-0.15, -0.1) is 0 Å². The monoisotopic (exact) mass is 279 g/mol. The Labute approximate surface area is 117 Å². The highest BCUT2D eigenvalue weighted by molar-refractivity contribution is 5.96. The predicted molar refractivity (Wildman–Crippen MR) is 72.9 cm³/mol. The van der Waals surface area contributed by atoms with Gasteiger partial charge in [0.05, 0.1) is 6.54 Å². The fourth-order valence-corrected chi connectivity index (χ4v) is 2.15. The number of halogens is 1. The third-order valence-electron chi connectivity index (χ3n) is 3.17. The van der Waals surface area contributed by atoms with Gasteiger partial charge in [0, 0.05) is 31.7 Å². The van der Waals surface area contributed by atoms with Crippen LogP contribution in [0.4, 0.5) is 4.39 Å². The van der Waals surface area contributed by atoms with E-state index in [1.54, 1.807) is 17.9 Å². The smallest absolute Gasteiger partial charge is 0.251 e. The molecule has 0 saturated carbocycles. The van der Waals surface area contributed by atoms with Crippen molar-refractivity contribution in [2.75, 3.05) is 32.7 Å². The summed E-state index contributed by atoms with van der Waals surface area (Å²) in [5.41, 5.74) is 0.902. The normalized spacial score (nSPS) is 15.0. The Hall–Kier alpha value is -1.95. The highest BCUT2D eigenvalue weighted by atomic mass is 19.1. The number of rotatable bonds is 3. The first kappa shape index (κ1) is 14.5. The van der Waals surface area contributed by atoms with Crippen molar-refractivity contribution in [1.82, 2.24) is 15.5 Å². The van der Waals surface area contributed by atoms with E-state index in [4.69, 9.17) is 0 Å². The molecule has 2 N–H and O–H groups in total. The number of carbonyl (C=O) groups is 2. The second-order valence-corrected chi connectivity index (χ2v) is 4.83. The minimum atomic E-state index is -0.455. The number of nitrogens with zero attached hydrogens (tertiary/aromatic N) is 1. The molecule has 1 saturated heterocycles. The molecular formula is C14H18FN3O2. The Morgan fingerprint density at radius 2 is 2.00 bits per heavy atom. The van der Waals surface area contributed by atoms with Crippen molar-refractivity contribution < 1.29 is 14.0 Å². The standard InChI is InChI=1S/C14H18FN3O2/c1-10-6-11(8-12(15)7-10)14(20)17-9-13(19)18-4-2-16-3-5-18/h6-8,16H,2-5,9H2,1H3,(H,17,20). The lowest BCUT2D eigenvalue weighted by atomic mass is 10.1. The maximum atomic E-state index is 13.2. The molecule has 6 heteroatoms. The minimum absolute atomic E-state index is 0.0611. The quantitative estimate of drug-likeness (QED) is 0.836. The average Bonchev–Trinajstić information content (AvgIpc) is 2.44. The fraction of sp³-hybridized carbons (Fsp3) is 0.429. The molecule has 1 aromatic carbocycles. The first-order valence-corrected chi connectivity index (χ1v) is 6.60. The lowest BCUT2D eigenvalue weighted by Gasteiger charge is -2.27. The van der Waals surface area contributed by atoms with Gasteiger partial charge in [-0.2, -0.15) is 0 Å². The highest BCUT2D eigenvalue weighted by Gasteiger charge is 2.17. The van der Waals surface area contributed by atoms with E-state index in [1.807, 2.05) is 0 Å². The van der Waals surface area contributed by atoms with Crippen LogP contribution in [0.5, 0.6) is 0 Å². The number of carbonyl (C=O) groups excluding carboxylic acids is 2. The molecule has 0 spiro atoms. The topological polar surface area (TPSA) is 61.4 Å². The second-order valence-electron chi connectivity index (χ2n) is 4.83. The summed E-state index contributed by atoms with van der Waals surface area (Å²) in [6.45, 7) is 4.48. The molecular weight excluding hydrogens is 261 g/mol. The Bertz CT molecular complexity index is 493. The molecule has 1 heterocycles. The van der Waals surface area contributed by atoms with Gasteiger partial charge < -0.3 is 15.5 Å². The molecule has 1 aliphatic heterocycles. The van der Waals surface area contributed by atoms with Crippen molar-refractivity contribution in [3.63, 3.8) is 0 Å². The van der Waals surface area contributed by atoms with Crippen LogP contribution in [0.3, 0.4) is 0 Å². The molecule has 108 valence electrons. The summed E-state index contributed by atoms with van der Waals surface area (Å²) in [7, 11) is 0. The van der Waals surface area contributed by atoms with Crippen molar-refractivity contribution in [1.29, 1.82) is 0 Å². The van der Waals surface area contributed by atoms with E-state index in [0.717, 1.165) is 19.2 Å². The summed E-state index contributed by atoms with van der Waals surface area (Å²) in [5.74, 6) is -1.01. The van der Waals surface area contributed by atoms with E-state index in [2.05, 4.69) is 10.6 Å². The van der Waals surface area contributed by atoms with Gasteiger partial charge in [-0.1, -0.05) is 0 Å². The maximum Gasteiger partial charge on any atom is 0.251 e. The van der Waals surface area contributed by atoms with Crippen LogP contribution in [0.15, 0.2) is 18.2 Å². The molecule has 1 aliphatic rings. The van der Waals surface area contributed by atoms with Crippen molar-refractivity contribution in [3.8, 4) is 0 Å². The zero-order valence-corrected chi connectivity index (χ0v) is 11.4. The summed E-state index contributed by atoms with van der Waals surface area (Å²) < 4.78 is 13.2. The van der Waals surface area contributed by atoms with Gasteiger partial charge >= 0.3 is 0 Å². The van der Waals surface area contributed by atoms with Crippen LogP contribution in [0.25, 0.3) is 0 Å². The van der Waals surface area contributed by atoms with Gasteiger partial charge in [0.1, 0.15) is 5.82 Å². The Morgan fingerprint density at radius 1 is 1.30 bits per heavy atom. The van der Waals surface area contributed by atoms with Crippen molar-refractivity contribution >= 4 is 11.8 Å². The summed E-state index contributed by atoms with van der Waals surface area (Å²) >= 11 is 0. The summed E-state index contributed by atoms with van der Waals surface area (Å²) in [6, 6.07) is 4.11. The van der Waals surface area contributed by atoms with Gasteiger partial charge in [0.15, 0.2) is 0 Å². The molecule has 5 nitrogen and oxygen atoms in total. The summed E-state index contributed by atoms with van der Waals surface area (Å²) in [6.07, 6.45) is 0. The van der Waals surface area contributed by atoms with Crippen LogP contribution >= 0.6 is 0 Å². The van der Waals surface area contributed by atoms with Crippen LogP contribution < -0.4 is 10.6 Å². The molecule has 20 heavy (non-hydrogen) atoms. The number of hydrogen-bond donors (Lipinski definition) is 2. The molecule has 1 aromatic rings. The maximum absolute atomic E-state index is 13.2. The van der Waals surface area contributed by atoms with E-state index in [0.29, 0.717) is 18.7 Å². The van der Waals surface area contributed by atoms with Crippen LogP contribution in [0.2, 0.25) is 0 Å². The SMILES string of the molecule is Cc1cc(F)cc(C(=O)NCC(=O)N2CCNCC2)c1. The number of piperazine rings is 1. The zero-order chi connectivity index (χ0) is 14.5. The number of amides is 2. The lowest BCUT2D eigenvalue weighted by Crippen LogP contribution is -2.49. The zero-order valence-electron chi connectivity index (χ0n) is 11.4. The van der Waals surface area contributed by atoms with Crippen LogP contribution in [-0.2, 0) is 4.79 Å². The number of aryl methyl sites for hydroxylation is 1. The lowest BCUT2D eigenvalue weighted by molar-refractivity contribution is -0.130. The van der Waals surface area contributed by atoms with Crippen LogP contribution in [0.1, 0.15) is 15.9 Å². The predicted octanol–water partition coefficient (Wildman–Crippen LogP) is 0.296. The van der Waals surface area contributed by atoms with Gasteiger partial charge in [0.2, 0.25) is 5.91 Å². The van der Waals surface area contributed by atoms with Crippen LogP contribution in [0, 0.1) is 12.7 Å². The number of benzene rings is 1. The molecule has 0 radical (unpaired) electrons. The van der Waals surface area contributed by atoms with E-state index in [1.165, 1.54) is 6.07 Å². The van der Waals surface area contributed by atoms with Gasteiger partial charge in [-0.25, -0.2) is 4.39 Å². The van der Waals surface area contributed by atoms with E-state index >= 15 is 0 Å². The Kier molecular flexibility index (Phi) is 4.68. The van der Waals surface area contributed by atoms with E-state index in [9.17, 15) is 14.0 Å². The van der Waals surface area contributed by atoms with Gasteiger partial charge in [-0.05, 0) is 30.7 Å². The largest absolute Gasteiger partial charge is 0.343 e. The molecule has 0 atom stereocenters. The molecule has 0 bridgehead atoms.